The second kappa shape index (κ2) is 4.73. The lowest BCUT2D eigenvalue weighted by atomic mass is 10.1. The first-order chi connectivity index (χ1) is 9.58. The maximum absolute atomic E-state index is 12.2. The summed E-state index contributed by atoms with van der Waals surface area (Å²) in [7, 11) is 0. The summed E-state index contributed by atoms with van der Waals surface area (Å²) in [4.78, 5) is 24.5. The highest BCUT2D eigenvalue weighted by Crippen LogP contribution is 2.28. The summed E-state index contributed by atoms with van der Waals surface area (Å²) in [5.74, 6) is -0.420. The normalized spacial score (nSPS) is 13.6. The van der Waals surface area contributed by atoms with E-state index in [2.05, 4.69) is 0 Å². The molecule has 20 heavy (non-hydrogen) atoms. The fourth-order valence-electron chi connectivity index (χ4n) is 2.33. The molecule has 1 aliphatic carbocycles. The molecular weight excluding hydrogens is 272 g/mol. The zero-order valence-corrected chi connectivity index (χ0v) is 11.6. The van der Waals surface area contributed by atoms with Crippen molar-refractivity contribution < 1.29 is 9.59 Å². The van der Waals surface area contributed by atoms with Gasteiger partial charge in [-0.3, -0.25) is 9.59 Å². The van der Waals surface area contributed by atoms with Gasteiger partial charge in [0.15, 0.2) is 11.6 Å². The lowest BCUT2D eigenvalue weighted by Crippen LogP contribution is -2.00. The molecule has 0 unspecified atom stereocenters. The van der Waals surface area contributed by atoms with Crippen LogP contribution in [-0.2, 0) is 0 Å². The van der Waals surface area contributed by atoms with Crippen LogP contribution in [0.15, 0.2) is 48.0 Å². The van der Waals surface area contributed by atoms with E-state index in [1.807, 2.05) is 13.0 Å². The second-order valence-corrected chi connectivity index (χ2v) is 5.18. The number of aryl methyl sites for hydroxylation is 1. The van der Waals surface area contributed by atoms with Gasteiger partial charge >= 0.3 is 0 Å². The van der Waals surface area contributed by atoms with Crippen molar-refractivity contribution in [2.24, 2.45) is 0 Å². The molecule has 0 atom stereocenters. The number of benzene rings is 2. The number of halogens is 1. The maximum atomic E-state index is 12.2. The molecule has 3 heteroatoms. The Morgan fingerprint density at radius 2 is 1.55 bits per heavy atom. The molecule has 2 nitrogen and oxygen atoms in total. The number of carbonyl (C=O) groups is 2. The first kappa shape index (κ1) is 12.8. The molecule has 0 saturated carbocycles. The van der Waals surface area contributed by atoms with Crippen LogP contribution in [-0.4, -0.2) is 11.6 Å². The number of ketones is 2. The van der Waals surface area contributed by atoms with E-state index in [0.717, 1.165) is 11.1 Å². The fourth-order valence-corrected chi connectivity index (χ4v) is 2.45. The van der Waals surface area contributed by atoms with Crippen molar-refractivity contribution in [3.63, 3.8) is 0 Å². The minimum atomic E-state index is -0.210. The van der Waals surface area contributed by atoms with Gasteiger partial charge in [-0.05, 0) is 30.2 Å². The molecule has 0 radical (unpaired) electrons. The van der Waals surface area contributed by atoms with E-state index in [4.69, 9.17) is 11.6 Å². The highest BCUT2D eigenvalue weighted by molar-refractivity contribution is 6.41. The van der Waals surface area contributed by atoms with E-state index in [1.54, 1.807) is 42.5 Å². The highest BCUT2D eigenvalue weighted by Gasteiger charge is 2.32. The summed E-state index contributed by atoms with van der Waals surface area (Å²) in [6.07, 6.45) is 1.63. The SMILES string of the molecule is Cc1cc(C=C2C(=O)c3ccccc3C2=O)ccc1Cl. The Balaban J connectivity index is 2.08. The molecule has 0 saturated heterocycles. The third kappa shape index (κ3) is 1.98. The number of carbonyl (C=O) groups excluding carboxylic acids is 2. The number of fused-ring (bicyclic) bond motifs is 1. The summed E-state index contributed by atoms with van der Waals surface area (Å²) < 4.78 is 0. The van der Waals surface area contributed by atoms with Gasteiger partial charge in [-0.1, -0.05) is 48.0 Å². The molecule has 2 aromatic carbocycles. The topological polar surface area (TPSA) is 34.1 Å². The van der Waals surface area contributed by atoms with Gasteiger partial charge in [0.05, 0.1) is 5.57 Å². The largest absolute Gasteiger partial charge is 0.288 e. The van der Waals surface area contributed by atoms with Crippen LogP contribution < -0.4 is 0 Å². The third-order valence-electron chi connectivity index (χ3n) is 3.40. The van der Waals surface area contributed by atoms with Crippen LogP contribution in [0.25, 0.3) is 6.08 Å². The molecule has 0 amide bonds. The molecule has 3 rings (SSSR count). The van der Waals surface area contributed by atoms with E-state index in [9.17, 15) is 9.59 Å². The van der Waals surface area contributed by atoms with Gasteiger partial charge in [0, 0.05) is 16.1 Å². The zero-order valence-electron chi connectivity index (χ0n) is 10.8. The molecule has 0 fully saturated rings. The Bertz CT molecular complexity index is 735. The Morgan fingerprint density at radius 1 is 0.950 bits per heavy atom. The summed E-state index contributed by atoms with van der Waals surface area (Å²) >= 11 is 5.97. The van der Waals surface area contributed by atoms with E-state index in [1.165, 1.54) is 0 Å². The average Bonchev–Trinajstić information content (AvgIpc) is 2.69. The van der Waals surface area contributed by atoms with Crippen molar-refractivity contribution in [3.8, 4) is 0 Å². The van der Waals surface area contributed by atoms with Gasteiger partial charge in [0.25, 0.3) is 0 Å². The molecule has 0 N–H and O–H groups in total. The smallest absolute Gasteiger partial charge is 0.197 e. The third-order valence-corrected chi connectivity index (χ3v) is 3.82. The molecule has 0 aliphatic heterocycles. The number of rotatable bonds is 1. The van der Waals surface area contributed by atoms with E-state index in [-0.39, 0.29) is 17.1 Å². The van der Waals surface area contributed by atoms with Crippen LogP contribution in [0.1, 0.15) is 31.8 Å². The average molecular weight is 283 g/mol. The Hall–Kier alpha value is -2.19. The summed E-state index contributed by atoms with van der Waals surface area (Å²) in [6, 6.07) is 12.3. The van der Waals surface area contributed by atoms with Crippen LogP contribution in [0.2, 0.25) is 5.02 Å². The number of hydrogen-bond donors (Lipinski definition) is 0. The van der Waals surface area contributed by atoms with Crippen LogP contribution in [0.5, 0.6) is 0 Å². The van der Waals surface area contributed by atoms with Gasteiger partial charge in [-0.2, -0.15) is 0 Å². The fraction of sp³-hybridized carbons (Fsp3) is 0.0588. The quantitative estimate of drug-likeness (QED) is 0.583. The molecular formula is C17H11ClO2. The Labute approximate surface area is 121 Å². The summed E-state index contributed by atoms with van der Waals surface area (Å²) in [5.41, 5.74) is 2.89. The molecule has 0 aromatic heterocycles. The Morgan fingerprint density at radius 3 is 2.10 bits per heavy atom. The van der Waals surface area contributed by atoms with Crippen LogP contribution in [0.4, 0.5) is 0 Å². The zero-order chi connectivity index (χ0) is 14.3. The van der Waals surface area contributed by atoms with Crippen molar-refractivity contribution in [3.05, 3.63) is 75.3 Å². The lowest BCUT2D eigenvalue weighted by Gasteiger charge is -2.00. The number of hydrogen-bond acceptors (Lipinski definition) is 2. The monoisotopic (exact) mass is 282 g/mol. The molecule has 98 valence electrons. The summed E-state index contributed by atoms with van der Waals surface area (Å²) in [6.45, 7) is 1.89. The molecule has 0 spiro atoms. The van der Waals surface area contributed by atoms with Gasteiger partial charge < -0.3 is 0 Å². The second-order valence-electron chi connectivity index (χ2n) is 4.77. The maximum Gasteiger partial charge on any atom is 0.197 e. The van der Waals surface area contributed by atoms with Crippen LogP contribution in [0, 0.1) is 6.92 Å². The predicted molar refractivity (Wildman–Crippen MR) is 79.3 cm³/mol. The van der Waals surface area contributed by atoms with E-state index < -0.39 is 0 Å². The Kier molecular flexibility index (Phi) is 3.03. The van der Waals surface area contributed by atoms with Crippen LogP contribution >= 0.6 is 11.6 Å². The first-order valence-corrected chi connectivity index (χ1v) is 6.62. The molecule has 0 bridgehead atoms. The minimum absolute atomic E-state index is 0.210. The van der Waals surface area contributed by atoms with Gasteiger partial charge in [0.2, 0.25) is 0 Å². The van der Waals surface area contributed by atoms with Crippen molar-refractivity contribution in [1.82, 2.24) is 0 Å². The van der Waals surface area contributed by atoms with Crippen molar-refractivity contribution in [2.45, 2.75) is 6.92 Å². The standard InChI is InChI=1S/C17H11ClO2/c1-10-8-11(6-7-15(10)18)9-14-16(19)12-4-2-3-5-13(12)17(14)20/h2-9H,1H3. The number of Topliss-reactive ketones (excluding diaryl/α,β-unsaturated/α-hetero) is 2. The number of allylic oxidation sites excluding steroid dienone is 1. The lowest BCUT2D eigenvalue weighted by molar-refractivity contribution is 0.0990. The minimum Gasteiger partial charge on any atom is -0.288 e. The van der Waals surface area contributed by atoms with Crippen molar-refractivity contribution >= 4 is 29.2 Å². The molecule has 1 aliphatic rings. The van der Waals surface area contributed by atoms with E-state index in [0.29, 0.717) is 16.1 Å². The molecule has 2 aromatic rings. The van der Waals surface area contributed by atoms with Gasteiger partial charge in [-0.25, -0.2) is 0 Å². The molecule has 0 heterocycles. The predicted octanol–water partition coefficient (Wildman–Crippen LogP) is 4.11. The van der Waals surface area contributed by atoms with E-state index >= 15 is 0 Å². The van der Waals surface area contributed by atoms with Gasteiger partial charge in [0.1, 0.15) is 0 Å². The first-order valence-electron chi connectivity index (χ1n) is 6.24. The van der Waals surface area contributed by atoms with Crippen molar-refractivity contribution in [1.29, 1.82) is 0 Å². The van der Waals surface area contributed by atoms with Crippen molar-refractivity contribution in [2.75, 3.05) is 0 Å². The summed E-state index contributed by atoms with van der Waals surface area (Å²) in [5, 5.41) is 0.666. The van der Waals surface area contributed by atoms with Crippen LogP contribution in [0.3, 0.4) is 0 Å². The highest BCUT2D eigenvalue weighted by atomic mass is 35.5. The van der Waals surface area contributed by atoms with Gasteiger partial charge in [-0.15, -0.1) is 0 Å².